The average molecular weight is 607 g/mol. The molecule has 5 aromatic rings. The maximum atomic E-state index is 13.6. The molecule has 1 aliphatic rings. The zero-order valence-electron chi connectivity index (χ0n) is 29.1. The number of hydrogen-bond acceptors (Lipinski definition) is 8. The van der Waals surface area contributed by atoms with Crippen LogP contribution in [-0.4, -0.2) is 73.0 Å². The number of alkyl halides is 2. The van der Waals surface area contributed by atoms with E-state index in [0.29, 0.717) is 48.5 Å². The lowest BCUT2D eigenvalue weighted by atomic mass is 10.0. The van der Waals surface area contributed by atoms with Gasteiger partial charge in [0, 0.05) is 63.2 Å². The van der Waals surface area contributed by atoms with E-state index in [-0.39, 0.29) is 27.9 Å². The number of fused-ring (bicyclic) bond motifs is 1. The van der Waals surface area contributed by atoms with Crippen LogP contribution in [0.5, 0.6) is 0 Å². The summed E-state index contributed by atoms with van der Waals surface area (Å²) in [4.78, 5) is 34.4. The van der Waals surface area contributed by atoms with Crippen molar-refractivity contribution < 1.29 is 31.0 Å². The molecular weight excluding hydrogens is 570 g/mol. The van der Waals surface area contributed by atoms with Crippen molar-refractivity contribution in [2.45, 2.75) is 26.3 Å². The molecule has 11 nitrogen and oxygen atoms in total. The van der Waals surface area contributed by atoms with Crippen molar-refractivity contribution in [2.75, 3.05) is 31.5 Å². The topological polar surface area (TPSA) is 122 Å². The van der Waals surface area contributed by atoms with Gasteiger partial charge in [0.25, 0.3) is 5.91 Å². The highest BCUT2D eigenvalue weighted by molar-refractivity contribution is 5.96. The molecule has 6 rings (SSSR count). The molecule has 0 aliphatic carbocycles. The Morgan fingerprint density at radius 1 is 1.00 bits per heavy atom. The predicted molar refractivity (Wildman–Crippen MR) is 158 cm³/mol. The summed E-state index contributed by atoms with van der Waals surface area (Å²) >= 11 is 0. The molecule has 226 valence electrons. The normalized spacial score (nSPS) is 17.4. The average Bonchev–Trinajstić information content (AvgIpc) is 3.72. The fraction of sp³-hybridized carbons (Fsp3) is 0.290. The molecule has 13 heteroatoms. The lowest BCUT2D eigenvalue weighted by Gasteiger charge is -2.38. The maximum Gasteiger partial charge on any atom is 0.350 e. The van der Waals surface area contributed by atoms with Crippen molar-refractivity contribution in [3.8, 4) is 11.3 Å². The van der Waals surface area contributed by atoms with Crippen molar-refractivity contribution in [1.82, 2.24) is 35.0 Å². The van der Waals surface area contributed by atoms with Gasteiger partial charge in [0.2, 0.25) is 5.91 Å². The minimum absolute atomic E-state index is 0.126. The maximum absolute atomic E-state index is 13.6. The van der Waals surface area contributed by atoms with Gasteiger partial charge in [0.05, 0.1) is 6.04 Å². The van der Waals surface area contributed by atoms with E-state index in [2.05, 4.69) is 25.7 Å². The van der Waals surface area contributed by atoms with Crippen LogP contribution in [0.3, 0.4) is 0 Å². The van der Waals surface area contributed by atoms with E-state index in [4.69, 9.17) is 12.6 Å². The van der Waals surface area contributed by atoms with Gasteiger partial charge in [-0.3, -0.25) is 19.5 Å². The number of benzene rings is 2. The van der Waals surface area contributed by atoms with Crippen LogP contribution in [-0.2, 0) is 4.79 Å². The SMILES string of the molecule is [2H]C([2H])([2H])C(C(=O)Nc1ccc2oc(-c3ccnc(C(=O)N4CCN(C(c5ccccc5)c5nnn(C(F)F)n5)CC4)c3)cc2c1)C([2H])([2H])[2H]. The van der Waals surface area contributed by atoms with Gasteiger partial charge in [0.1, 0.15) is 17.0 Å². The number of hydrogen-bond donors (Lipinski definition) is 1. The summed E-state index contributed by atoms with van der Waals surface area (Å²) in [5.74, 6) is -3.16. The van der Waals surface area contributed by atoms with E-state index >= 15 is 0 Å². The number of aromatic nitrogens is 5. The molecule has 1 aliphatic heterocycles. The third-order valence-electron chi connectivity index (χ3n) is 7.25. The molecule has 2 amide bonds. The summed E-state index contributed by atoms with van der Waals surface area (Å²) in [5.41, 5.74) is 2.13. The first-order chi connectivity index (χ1) is 23.7. The zero-order valence-corrected chi connectivity index (χ0v) is 23.1. The van der Waals surface area contributed by atoms with Gasteiger partial charge in [-0.2, -0.15) is 8.78 Å². The molecule has 44 heavy (non-hydrogen) atoms. The number of furan rings is 1. The second-order valence-electron chi connectivity index (χ2n) is 10.1. The van der Waals surface area contributed by atoms with Crippen LogP contribution < -0.4 is 5.32 Å². The van der Waals surface area contributed by atoms with Crippen molar-refractivity contribution in [1.29, 1.82) is 0 Å². The fourth-order valence-corrected chi connectivity index (χ4v) is 5.11. The third kappa shape index (κ3) is 6.04. The van der Waals surface area contributed by atoms with Crippen molar-refractivity contribution >= 4 is 28.5 Å². The third-order valence-corrected chi connectivity index (χ3v) is 7.25. The summed E-state index contributed by atoms with van der Waals surface area (Å²) in [5, 5.41) is 14.2. The molecule has 4 heterocycles. The van der Waals surface area contributed by atoms with Gasteiger partial charge < -0.3 is 14.6 Å². The Balaban J connectivity index is 1.15. The molecule has 1 atom stereocenters. The number of amides is 2. The molecule has 2 aromatic carbocycles. The van der Waals surface area contributed by atoms with E-state index in [1.54, 1.807) is 29.2 Å². The van der Waals surface area contributed by atoms with Gasteiger partial charge >= 0.3 is 6.55 Å². The van der Waals surface area contributed by atoms with Crippen LogP contribution in [0.1, 0.15) is 56.4 Å². The first kappa shape index (κ1) is 22.5. The molecule has 1 saturated heterocycles. The summed E-state index contributed by atoms with van der Waals surface area (Å²) < 4.78 is 77.5. The highest BCUT2D eigenvalue weighted by Gasteiger charge is 2.32. The van der Waals surface area contributed by atoms with Crippen LogP contribution in [0.4, 0.5) is 14.5 Å². The number of pyridine rings is 1. The number of halogens is 2. The minimum Gasteiger partial charge on any atom is -0.456 e. The van der Waals surface area contributed by atoms with Gasteiger partial charge in [-0.05, 0) is 47.2 Å². The largest absolute Gasteiger partial charge is 0.456 e. The molecular formula is C31H30F2N8O3. The molecule has 1 N–H and O–H groups in total. The summed E-state index contributed by atoms with van der Waals surface area (Å²) in [6, 6.07) is 18.1. The molecule has 0 spiro atoms. The second kappa shape index (κ2) is 12.3. The Bertz CT molecular complexity index is 1980. The number of rotatable bonds is 8. The first-order valence-corrected chi connectivity index (χ1v) is 13.7. The number of anilines is 1. The smallest absolute Gasteiger partial charge is 0.350 e. The molecule has 3 aromatic heterocycles. The Morgan fingerprint density at radius 3 is 2.52 bits per heavy atom. The van der Waals surface area contributed by atoms with E-state index in [0.717, 1.165) is 5.56 Å². The highest BCUT2D eigenvalue weighted by Crippen LogP contribution is 2.31. The summed E-state index contributed by atoms with van der Waals surface area (Å²) in [6.45, 7) is -7.55. The van der Waals surface area contributed by atoms with E-state index in [1.807, 2.05) is 35.2 Å². The van der Waals surface area contributed by atoms with Crippen LogP contribution in [0, 0.1) is 5.92 Å². The van der Waals surface area contributed by atoms with Crippen molar-refractivity contribution in [3.05, 3.63) is 90.0 Å². The predicted octanol–water partition coefficient (Wildman–Crippen LogP) is 5.02. The lowest BCUT2D eigenvalue weighted by Crippen LogP contribution is -2.50. The standard InChI is InChI=1S/C31H30F2N8O3/c1-19(2)29(42)35-23-8-9-25-22(16-23)18-26(44-25)21-10-11-34-24(17-21)30(43)40-14-12-39(13-15-40)27(20-6-4-3-5-7-20)28-36-38-41(37-28)31(32)33/h3-11,16-19,27,31H,12-15H2,1-2H3,(H,35,42)/i1D3,2D3. The Hall–Kier alpha value is -5.04. The number of nitrogens with one attached hydrogen (secondary N) is 1. The number of carbonyl (C=O) groups excluding carboxylic acids is 2. The van der Waals surface area contributed by atoms with Crippen LogP contribution in [0.25, 0.3) is 22.3 Å². The summed E-state index contributed by atoms with van der Waals surface area (Å²) in [6.07, 6.45) is 1.48. The van der Waals surface area contributed by atoms with Crippen LogP contribution >= 0.6 is 0 Å². The number of carbonyl (C=O) groups is 2. The minimum atomic E-state index is -3.03. The van der Waals surface area contributed by atoms with E-state index < -0.39 is 38.1 Å². The Labute approximate surface area is 259 Å². The molecule has 0 radical (unpaired) electrons. The molecule has 0 bridgehead atoms. The lowest BCUT2D eigenvalue weighted by molar-refractivity contribution is -0.118. The highest BCUT2D eigenvalue weighted by atomic mass is 19.3. The van der Waals surface area contributed by atoms with Crippen molar-refractivity contribution in [3.63, 3.8) is 0 Å². The Morgan fingerprint density at radius 2 is 1.80 bits per heavy atom. The number of nitrogens with zero attached hydrogens (tertiary/aromatic N) is 7. The molecule has 1 fully saturated rings. The summed E-state index contributed by atoms with van der Waals surface area (Å²) in [7, 11) is 0. The van der Waals surface area contributed by atoms with Crippen molar-refractivity contribution in [2.24, 2.45) is 5.92 Å². The van der Waals surface area contributed by atoms with E-state index in [9.17, 15) is 18.4 Å². The first-order valence-electron chi connectivity index (χ1n) is 16.7. The zero-order chi connectivity index (χ0) is 35.8. The molecule has 0 saturated carbocycles. The van der Waals surface area contributed by atoms with Gasteiger partial charge in [0.15, 0.2) is 5.82 Å². The Kier molecular flexibility index (Phi) is 6.28. The van der Waals surface area contributed by atoms with E-state index in [1.165, 1.54) is 18.3 Å². The second-order valence-corrected chi connectivity index (χ2v) is 10.1. The fourth-order valence-electron chi connectivity index (χ4n) is 5.11. The van der Waals surface area contributed by atoms with Gasteiger partial charge in [-0.15, -0.1) is 10.2 Å². The number of tetrazole rings is 1. The monoisotopic (exact) mass is 606 g/mol. The molecule has 1 unspecified atom stereocenters. The van der Waals surface area contributed by atoms with Gasteiger partial charge in [-0.1, -0.05) is 48.8 Å². The quantitative estimate of drug-likeness (QED) is 0.261. The van der Waals surface area contributed by atoms with Gasteiger partial charge in [-0.25, -0.2) is 0 Å². The van der Waals surface area contributed by atoms with Crippen LogP contribution in [0.2, 0.25) is 0 Å². The van der Waals surface area contributed by atoms with Crippen LogP contribution in [0.15, 0.2) is 77.3 Å². The number of piperazine rings is 1.